The highest BCUT2D eigenvalue weighted by Crippen LogP contribution is 2.39. The van der Waals surface area contributed by atoms with Gasteiger partial charge in [-0.2, -0.15) is 0 Å². The summed E-state index contributed by atoms with van der Waals surface area (Å²) in [6.07, 6.45) is 3.35. The number of nitrogens with one attached hydrogen (secondary N) is 1. The summed E-state index contributed by atoms with van der Waals surface area (Å²) in [6.45, 7) is 0.956. The van der Waals surface area contributed by atoms with Gasteiger partial charge < -0.3 is 10.3 Å². The minimum absolute atomic E-state index is 0.633. The van der Waals surface area contributed by atoms with Crippen LogP contribution in [0.1, 0.15) is 30.3 Å². The molecule has 1 aliphatic carbocycles. The predicted molar refractivity (Wildman–Crippen MR) is 64.1 cm³/mol. The van der Waals surface area contributed by atoms with Gasteiger partial charge in [-0.3, -0.25) is 0 Å². The van der Waals surface area contributed by atoms with Crippen LogP contribution >= 0.6 is 0 Å². The van der Waals surface area contributed by atoms with Crippen molar-refractivity contribution in [1.82, 2.24) is 14.9 Å². The molecule has 0 saturated heterocycles. The van der Waals surface area contributed by atoms with Gasteiger partial charge in [0.1, 0.15) is 11.6 Å². The molecule has 1 saturated carbocycles. The Hall–Kier alpha value is -1.20. The Bertz CT molecular complexity index is 359. The molecule has 0 bridgehead atoms. The first-order chi connectivity index (χ1) is 7.69. The van der Waals surface area contributed by atoms with Crippen molar-refractivity contribution in [3.63, 3.8) is 0 Å². The lowest BCUT2D eigenvalue weighted by molar-refractivity contribution is 0.409. The summed E-state index contributed by atoms with van der Waals surface area (Å²) in [6, 6.07) is 1.96. The maximum Gasteiger partial charge on any atom is 0.143 e. The fourth-order valence-corrected chi connectivity index (χ4v) is 1.62. The highest BCUT2D eigenvalue weighted by molar-refractivity contribution is 5.36. The van der Waals surface area contributed by atoms with Gasteiger partial charge in [0.15, 0.2) is 0 Å². The average molecular weight is 221 g/mol. The summed E-state index contributed by atoms with van der Waals surface area (Å²) < 4.78 is 0. The number of nitrogens with zero attached hydrogens (tertiary/aromatic N) is 3. The Morgan fingerprint density at radius 3 is 2.75 bits per heavy atom. The summed E-state index contributed by atoms with van der Waals surface area (Å²) in [5.41, 5.74) is 3.75. The summed E-state index contributed by atoms with van der Waals surface area (Å²) in [7, 11) is 4.10. The monoisotopic (exact) mass is 221 g/mol. The van der Waals surface area contributed by atoms with Gasteiger partial charge in [0, 0.05) is 30.6 Å². The third kappa shape index (κ3) is 2.90. The second kappa shape index (κ2) is 4.76. The third-order valence-electron chi connectivity index (χ3n) is 2.72. The van der Waals surface area contributed by atoms with Gasteiger partial charge in [0.2, 0.25) is 0 Å². The highest BCUT2D eigenvalue weighted by Gasteiger charge is 2.26. The normalized spacial score (nSPS) is 15.5. The lowest BCUT2D eigenvalue weighted by atomic mass is 10.2. The number of hydrogen-bond acceptors (Lipinski definition) is 5. The third-order valence-corrected chi connectivity index (χ3v) is 2.72. The van der Waals surface area contributed by atoms with Crippen LogP contribution in [0.2, 0.25) is 0 Å². The zero-order valence-electron chi connectivity index (χ0n) is 9.90. The van der Waals surface area contributed by atoms with Gasteiger partial charge in [-0.25, -0.2) is 15.8 Å². The van der Waals surface area contributed by atoms with E-state index in [-0.39, 0.29) is 0 Å². The van der Waals surface area contributed by atoms with Crippen molar-refractivity contribution >= 4 is 5.82 Å². The van der Waals surface area contributed by atoms with Crippen LogP contribution in [0.15, 0.2) is 6.07 Å². The zero-order chi connectivity index (χ0) is 11.5. The molecule has 1 heterocycles. The Morgan fingerprint density at radius 1 is 1.44 bits per heavy atom. The topological polar surface area (TPSA) is 67.1 Å². The quantitative estimate of drug-likeness (QED) is 0.567. The molecule has 0 atom stereocenters. The first-order valence-electron chi connectivity index (χ1n) is 5.68. The molecule has 5 heteroatoms. The van der Waals surface area contributed by atoms with E-state index in [9.17, 15) is 0 Å². The Balaban J connectivity index is 2.12. The fraction of sp³-hybridized carbons (Fsp3) is 0.636. The summed E-state index contributed by atoms with van der Waals surface area (Å²) in [5.74, 6) is 7.65. The van der Waals surface area contributed by atoms with E-state index in [1.807, 2.05) is 20.2 Å². The second-order valence-electron chi connectivity index (χ2n) is 4.57. The zero-order valence-corrected chi connectivity index (χ0v) is 9.90. The molecule has 0 radical (unpaired) electrons. The van der Waals surface area contributed by atoms with Crippen LogP contribution in [-0.4, -0.2) is 35.5 Å². The van der Waals surface area contributed by atoms with Crippen LogP contribution < -0.4 is 11.3 Å². The number of nitrogens with two attached hydrogens (primary N) is 1. The van der Waals surface area contributed by atoms with Crippen molar-refractivity contribution in [2.45, 2.75) is 25.2 Å². The number of aromatic nitrogens is 2. The minimum Gasteiger partial charge on any atom is -0.309 e. The van der Waals surface area contributed by atoms with Gasteiger partial charge in [-0.05, 0) is 26.9 Å². The minimum atomic E-state index is 0.633. The van der Waals surface area contributed by atoms with Crippen molar-refractivity contribution in [1.29, 1.82) is 0 Å². The average Bonchev–Trinajstić information content (AvgIpc) is 3.09. The lowest BCUT2D eigenvalue weighted by Gasteiger charge is -2.10. The molecule has 1 fully saturated rings. The van der Waals surface area contributed by atoms with Crippen LogP contribution in [0.25, 0.3) is 0 Å². The number of nitrogen functional groups attached to an aromatic ring is 1. The van der Waals surface area contributed by atoms with Crippen molar-refractivity contribution in [2.24, 2.45) is 5.84 Å². The first kappa shape index (κ1) is 11.3. The Kier molecular flexibility index (Phi) is 3.36. The van der Waals surface area contributed by atoms with Crippen molar-refractivity contribution in [3.8, 4) is 0 Å². The number of likely N-dealkylation sites (N-methyl/N-ethyl adjacent to an activating group) is 1. The van der Waals surface area contributed by atoms with Crippen molar-refractivity contribution < 1.29 is 0 Å². The summed E-state index contributed by atoms with van der Waals surface area (Å²) >= 11 is 0. The number of hydrogen-bond donors (Lipinski definition) is 2. The molecule has 1 aromatic rings. The summed E-state index contributed by atoms with van der Waals surface area (Å²) in [5, 5.41) is 0. The molecule has 16 heavy (non-hydrogen) atoms. The van der Waals surface area contributed by atoms with Crippen LogP contribution in [-0.2, 0) is 6.42 Å². The van der Waals surface area contributed by atoms with Crippen LogP contribution in [0, 0.1) is 0 Å². The molecule has 0 amide bonds. The standard InChI is InChI=1S/C11H19N5/c1-16(2)6-5-10-13-9(8-3-4-8)7-11(14-10)15-12/h7-8H,3-6,12H2,1-2H3,(H,13,14,15). The first-order valence-corrected chi connectivity index (χ1v) is 5.68. The maximum absolute atomic E-state index is 5.41. The molecular formula is C11H19N5. The van der Waals surface area contributed by atoms with Crippen LogP contribution in [0.5, 0.6) is 0 Å². The van der Waals surface area contributed by atoms with Gasteiger partial charge in [-0.1, -0.05) is 0 Å². The van der Waals surface area contributed by atoms with E-state index < -0.39 is 0 Å². The molecule has 3 N–H and O–H groups in total. The largest absolute Gasteiger partial charge is 0.309 e. The van der Waals surface area contributed by atoms with Crippen molar-refractivity contribution in [3.05, 3.63) is 17.6 Å². The Morgan fingerprint density at radius 2 is 2.19 bits per heavy atom. The van der Waals surface area contributed by atoms with Gasteiger partial charge >= 0.3 is 0 Å². The molecule has 0 spiro atoms. The predicted octanol–water partition coefficient (Wildman–Crippen LogP) is 0.744. The van der Waals surface area contributed by atoms with E-state index in [2.05, 4.69) is 20.3 Å². The SMILES string of the molecule is CN(C)CCc1nc(NN)cc(C2CC2)n1. The number of anilines is 1. The van der Waals surface area contributed by atoms with Gasteiger partial charge in [-0.15, -0.1) is 0 Å². The van der Waals surface area contributed by atoms with Crippen LogP contribution in [0.4, 0.5) is 5.82 Å². The lowest BCUT2D eigenvalue weighted by Crippen LogP contribution is -2.18. The Labute approximate surface area is 96.0 Å². The molecule has 0 aliphatic heterocycles. The molecule has 88 valence electrons. The molecule has 1 aromatic heterocycles. The van der Waals surface area contributed by atoms with Crippen LogP contribution in [0.3, 0.4) is 0 Å². The smallest absolute Gasteiger partial charge is 0.143 e. The molecule has 2 rings (SSSR count). The van der Waals surface area contributed by atoms with Gasteiger partial charge in [0.05, 0.1) is 0 Å². The van der Waals surface area contributed by atoms with E-state index in [0.29, 0.717) is 5.92 Å². The number of rotatable bonds is 5. The van der Waals surface area contributed by atoms with E-state index in [4.69, 9.17) is 5.84 Å². The van der Waals surface area contributed by atoms with Gasteiger partial charge in [0.25, 0.3) is 0 Å². The summed E-state index contributed by atoms with van der Waals surface area (Å²) in [4.78, 5) is 11.1. The molecular weight excluding hydrogens is 202 g/mol. The van der Waals surface area contributed by atoms with Crippen molar-refractivity contribution in [2.75, 3.05) is 26.1 Å². The maximum atomic E-state index is 5.41. The fourth-order valence-electron chi connectivity index (χ4n) is 1.62. The van der Waals surface area contributed by atoms with E-state index in [1.165, 1.54) is 12.8 Å². The molecule has 0 aromatic carbocycles. The molecule has 0 unspecified atom stereocenters. The van der Waals surface area contributed by atoms with E-state index >= 15 is 0 Å². The highest BCUT2D eigenvalue weighted by atomic mass is 15.3. The van der Waals surface area contributed by atoms with E-state index in [1.54, 1.807) is 0 Å². The number of hydrazine groups is 1. The molecule has 1 aliphatic rings. The second-order valence-corrected chi connectivity index (χ2v) is 4.57. The molecule has 5 nitrogen and oxygen atoms in total. The van der Waals surface area contributed by atoms with E-state index in [0.717, 1.165) is 30.3 Å².